The maximum atomic E-state index is 9.91. The van der Waals surface area contributed by atoms with Gasteiger partial charge >= 0.3 is 0 Å². The minimum atomic E-state index is 0.181. The van der Waals surface area contributed by atoms with E-state index < -0.39 is 0 Å². The zero-order valence-corrected chi connectivity index (χ0v) is 10.5. The summed E-state index contributed by atoms with van der Waals surface area (Å²) in [4.78, 5) is 5.22. The van der Waals surface area contributed by atoms with Gasteiger partial charge in [0.15, 0.2) is 0 Å². The van der Waals surface area contributed by atoms with Crippen molar-refractivity contribution in [2.75, 3.05) is 0 Å². The Labute approximate surface area is 103 Å². The van der Waals surface area contributed by atoms with E-state index in [9.17, 15) is 5.11 Å². The number of hydrogen-bond acceptors (Lipinski definition) is 5. The highest BCUT2D eigenvalue weighted by Gasteiger charge is 2.08. The average Bonchev–Trinajstić information content (AvgIpc) is 2.75. The van der Waals surface area contributed by atoms with Crippen molar-refractivity contribution in [1.29, 1.82) is 0 Å². The summed E-state index contributed by atoms with van der Waals surface area (Å²) in [5, 5.41) is 14.5. The van der Waals surface area contributed by atoms with Crippen LogP contribution in [0.3, 0.4) is 0 Å². The van der Waals surface area contributed by atoms with Crippen molar-refractivity contribution in [3.8, 4) is 16.2 Å². The van der Waals surface area contributed by atoms with Crippen LogP contribution in [0.5, 0.6) is 5.75 Å². The summed E-state index contributed by atoms with van der Waals surface area (Å²) in [6, 6.07) is 5.44. The van der Waals surface area contributed by atoms with E-state index in [-0.39, 0.29) is 5.75 Å². The normalized spacial score (nSPS) is 11.8. The monoisotopic (exact) mass is 247 g/mol. The lowest BCUT2D eigenvalue weighted by atomic mass is 10.1. The Morgan fingerprint density at radius 3 is 2.76 bits per heavy atom. The Kier molecular flexibility index (Phi) is 3.10. The Morgan fingerprint density at radius 1 is 1.47 bits per heavy atom. The number of aromatic hydroxyl groups is 1. The lowest BCUT2D eigenvalue weighted by Crippen LogP contribution is -1.98. The highest BCUT2D eigenvalue weighted by Crippen LogP contribution is 2.30. The van der Waals surface area contributed by atoms with Gasteiger partial charge in [0, 0.05) is 11.8 Å². The molecule has 5 heteroatoms. The maximum absolute atomic E-state index is 9.91. The van der Waals surface area contributed by atoms with Gasteiger partial charge in [0.25, 0.3) is 0 Å². The summed E-state index contributed by atoms with van der Waals surface area (Å²) < 4.78 is 0. The first-order valence-corrected chi connectivity index (χ1v) is 5.94. The summed E-state index contributed by atoms with van der Waals surface area (Å²) >= 11 is 1.59. The Morgan fingerprint density at radius 2 is 2.24 bits per heavy atom. The molecule has 0 saturated heterocycles. The molecular weight excluding hydrogens is 234 g/mol. The van der Waals surface area contributed by atoms with Gasteiger partial charge in [-0.25, -0.2) is 4.98 Å². The number of phenols is 1. The van der Waals surface area contributed by atoms with Crippen LogP contribution in [0.25, 0.3) is 10.4 Å². The minimum absolute atomic E-state index is 0.181. The number of hydrazone groups is 1. The molecule has 0 fully saturated rings. The summed E-state index contributed by atoms with van der Waals surface area (Å²) in [6.45, 7) is 3.71. The minimum Gasteiger partial charge on any atom is -0.507 e. The molecule has 3 N–H and O–H groups in total. The molecule has 0 unspecified atom stereocenters. The van der Waals surface area contributed by atoms with Crippen molar-refractivity contribution in [1.82, 2.24) is 4.98 Å². The molecule has 0 aliphatic carbocycles. The van der Waals surface area contributed by atoms with Gasteiger partial charge in [-0.1, -0.05) is 6.07 Å². The molecule has 0 radical (unpaired) electrons. The molecule has 4 nitrogen and oxygen atoms in total. The predicted molar refractivity (Wildman–Crippen MR) is 70.4 cm³/mol. The van der Waals surface area contributed by atoms with E-state index in [1.54, 1.807) is 30.5 Å². The van der Waals surface area contributed by atoms with Crippen molar-refractivity contribution in [3.63, 3.8) is 0 Å². The average molecular weight is 247 g/mol. The number of hydrogen-bond donors (Lipinski definition) is 2. The van der Waals surface area contributed by atoms with Gasteiger partial charge in [-0.3, -0.25) is 0 Å². The Bertz CT molecular complexity index is 575. The second-order valence-corrected chi connectivity index (χ2v) is 4.92. The SMILES string of the molecule is C/C(=N\N)c1ccc(-c2cnc(C)s2)cc1O. The fourth-order valence-corrected chi connectivity index (χ4v) is 2.33. The maximum Gasteiger partial charge on any atom is 0.125 e. The van der Waals surface area contributed by atoms with E-state index >= 15 is 0 Å². The molecule has 0 aliphatic heterocycles. The van der Waals surface area contributed by atoms with Crippen LogP contribution >= 0.6 is 11.3 Å². The number of aryl methyl sites for hydroxylation is 1. The summed E-state index contributed by atoms with van der Waals surface area (Å²) in [5.41, 5.74) is 2.20. The second-order valence-electron chi connectivity index (χ2n) is 3.69. The van der Waals surface area contributed by atoms with E-state index in [0.717, 1.165) is 15.4 Å². The summed E-state index contributed by atoms with van der Waals surface area (Å²) in [7, 11) is 0. The number of thiazole rings is 1. The third kappa shape index (κ3) is 2.29. The summed E-state index contributed by atoms with van der Waals surface area (Å²) in [6.07, 6.45) is 1.80. The Hall–Kier alpha value is -1.88. The van der Waals surface area contributed by atoms with Gasteiger partial charge in [-0.2, -0.15) is 5.10 Å². The van der Waals surface area contributed by atoms with Gasteiger partial charge in [0.1, 0.15) is 5.75 Å². The topological polar surface area (TPSA) is 71.5 Å². The smallest absolute Gasteiger partial charge is 0.125 e. The van der Waals surface area contributed by atoms with Crippen LogP contribution < -0.4 is 5.84 Å². The van der Waals surface area contributed by atoms with E-state index in [1.807, 2.05) is 19.1 Å². The highest BCUT2D eigenvalue weighted by atomic mass is 32.1. The number of nitrogens with two attached hydrogens (primary N) is 1. The first-order chi connectivity index (χ1) is 8.11. The standard InChI is InChI=1S/C12H13N3OS/c1-7(15-13)10-4-3-9(5-11(10)16)12-6-14-8(2)17-12/h3-6,16H,13H2,1-2H3/b15-7+. The molecule has 0 saturated carbocycles. The van der Waals surface area contributed by atoms with E-state index in [2.05, 4.69) is 10.1 Å². The molecule has 2 rings (SSSR count). The molecule has 1 heterocycles. The Balaban J connectivity index is 2.44. The fraction of sp³-hybridized carbons (Fsp3) is 0.167. The van der Waals surface area contributed by atoms with Gasteiger partial charge < -0.3 is 10.9 Å². The van der Waals surface area contributed by atoms with Crippen molar-refractivity contribution in [3.05, 3.63) is 35.0 Å². The molecule has 0 spiro atoms. The number of aromatic nitrogens is 1. The molecule has 0 amide bonds. The van der Waals surface area contributed by atoms with Gasteiger partial charge in [0.2, 0.25) is 0 Å². The van der Waals surface area contributed by atoms with E-state index in [0.29, 0.717) is 11.3 Å². The number of nitrogens with zero attached hydrogens (tertiary/aromatic N) is 2. The molecule has 2 aromatic rings. The van der Waals surface area contributed by atoms with E-state index in [4.69, 9.17) is 5.84 Å². The molecule has 0 atom stereocenters. The zero-order chi connectivity index (χ0) is 12.4. The van der Waals surface area contributed by atoms with Crippen molar-refractivity contribution in [2.24, 2.45) is 10.9 Å². The first-order valence-electron chi connectivity index (χ1n) is 5.12. The van der Waals surface area contributed by atoms with Gasteiger partial charge in [0.05, 0.1) is 15.6 Å². The van der Waals surface area contributed by atoms with Gasteiger partial charge in [-0.05, 0) is 31.5 Å². The summed E-state index contributed by atoms with van der Waals surface area (Å²) in [5.74, 6) is 5.38. The molecule has 88 valence electrons. The van der Waals surface area contributed by atoms with Gasteiger partial charge in [-0.15, -0.1) is 11.3 Å². The zero-order valence-electron chi connectivity index (χ0n) is 9.64. The largest absolute Gasteiger partial charge is 0.507 e. The third-order valence-corrected chi connectivity index (χ3v) is 3.45. The van der Waals surface area contributed by atoms with Crippen LogP contribution in [0.15, 0.2) is 29.5 Å². The first kappa shape index (κ1) is 11.6. The third-order valence-electron chi connectivity index (χ3n) is 2.49. The lowest BCUT2D eigenvalue weighted by Gasteiger charge is -2.05. The molecule has 1 aromatic heterocycles. The second kappa shape index (κ2) is 4.55. The van der Waals surface area contributed by atoms with Crippen LogP contribution in [-0.2, 0) is 0 Å². The quantitative estimate of drug-likeness (QED) is 0.486. The molecule has 1 aromatic carbocycles. The lowest BCUT2D eigenvalue weighted by molar-refractivity contribution is 0.474. The van der Waals surface area contributed by atoms with Crippen LogP contribution in [0.4, 0.5) is 0 Å². The molecule has 0 bridgehead atoms. The molecule has 17 heavy (non-hydrogen) atoms. The molecular formula is C12H13N3OS. The number of rotatable bonds is 2. The van der Waals surface area contributed by atoms with E-state index in [1.165, 1.54) is 0 Å². The number of benzene rings is 1. The molecule has 0 aliphatic rings. The van der Waals surface area contributed by atoms with Crippen molar-refractivity contribution in [2.45, 2.75) is 13.8 Å². The van der Waals surface area contributed by atoms with Crippen LogP contribution in [0.1, 0.15) is 17.5 Å². The fourth-order valence-electron chi connectivity index (χ4n) is 1.56. The predicted octanol–water partition coefficient (Wildman–Crippen LogP) is 2.51. The highest BCUT2D eigenvalue weighted by molar-refractivity contribution is 7.15. The van der Waals surface area contributed by atoms with Crippen LogP contribution in [0, 0.1) is 6.92 Å². The number of phenolic OH excluding ortho intramolecular Hbond substituents is 1. The van der Waals surface area contributed by atoms with Crippen molar-refractivity contribution >= 4 is 17.0 Å². The van der Waals surface area contributed by atoms with Crippen molar-refractivity contribution < 1.29 is 5.11 Å². The van der Waals surface area contributed by atoms with Crippen LogP contribution in [-0.4, -0.2) is 15.8 Å². The van der Waals surface area contributed by atoms with Crippen LogP contribution in [0.2, 0.25) is 0 Å².